The van der Waals surface area contributed by atoms with E-state index in [1.165, 1.54) is 23.1 Å². The minimum atomic E-state index is -0.509. The third-order valence-corrected chi connectivity index (χ3v) is 2.81. The Morgan fingerprint density at radius 1 is 1.28 bits per heavy atom. The van der Waals surface area contributed by atoms with E-state index < -0.39 is 5.82 Å². The number of aromatic nitrogens is 1. The van der Waals surface area contributed by atoms with Crippen molar-refractivity contribution >= 4 is 23.2 Å². The number of rotatable bonds is 2. The van der Waals surface area contributed by atoms with E-state index >= 15 is 0 Å². The molecule has 0 aliphatic carbocycles. The van der Waals surface area contributed by atoms with Crippen LogP contribution in [0.15, 0.2) is 42.7 Å². The highest BCUT2D eigenvalue weighted by molar-refractivity contribution is 6.31. The third kappa shape index (κ3) is 2.49. The summed E-state index contributed by atoms with van der Waals surface area (Å²) in [4.78, 5) is 17.4. The van der Waals surface area contributed by atoms with Crippen LogP contribution in [0.2, 0.25) is 5.02 Å². The summed E-state index contributed by atoms with van der Waals surface area (Å²) in [6.45, 7) is 0. The SMILES string of the molecule is CN(C(=O)c1ccncc1)c1ccc(F)c(Cl)c1. The molecule has 0 unspecified atom stereocenters. The smallest absolute Gasteiger partial charge is 0.258 e. The summed E-state index contributed by atoms with van der Waals surface area (Å²) >= 11 is 5.69. The molecule has 18 heavy (non-hydrogen) atoms. The van der Waals surface area contributed by atoms with Gasteiger partial charge in [-0.1, -0.05) is 11.6 Å². The molecule has 0 radical (unpaired) electrons. The third-order valence-electron chi connectivity index (χ3n) is 2.52. The topological polar surface area (TPSA) is 33.2 Å². The number of nitrogens with zero attached hydrogens (tertiary/aromatic N) is 2. The van der Waals surface area contributed by atoms with Crippen molar-refractivity contribution in [3.8, 4) is 0 Å². The Balaban J connectivity index is 2.28. The van der Waals surface area contributed by atoms with Crippen molar-refractivity contribution < 1.29 is 9.18 Å². The van der Waals surface area contributed by atoms with Crippen molar-refractivity contribution in [1.82, 2.24) is 4.98 Å². The van der Waals surface area contributed by atoms with Gasteiger partial charge in [0.05, 0.1) is 5.02 Å². The average Bonchev–Trinajstić information content (AvgIpc) is 2.41. The Bertz CT molecular complexity index is 574. The fraction of sp³-hybridized carbons (Fsp3) is 0.0769. The lowest BCUT2D eigenvalue weighted by Gasteiger charge is -2.17. The van der Waals surface area contributed by atoms with Gasteiger partial charge in [0.15, 0.2) is 0 Å². The number of halogens is 2. The van der Waals surface area contributed by atoms with Crippen molar-refractivity contribution in [3.63, 3.8) is 0 Å². The van der Waals surface area contributed by atoms with E-state index in [4.69, 9.17) is 11.6 Å². The molecule has 0 saturated heterocycles. The van der Waals surface area contributed by atoms with Gasteiger partial charge in [0.25, 0.3) is 5.91 Å². The lowest BCUT2D eigenvalue weighted by molar-refractivity contribution is 0.0993. The van der Waals surface area contributed by atoms with Crippen LogP contribution in [0, 0.1) is 5.82 Å². The molecule has 5 heteroatoms. The van der Waals surface area contributed by atoms with Gasteiger partial charge in [0.2, 0.25) is 0 Å². The molecule has 0 spiro atoms. The van der Waals surface area contributed by atoms with Crippen LogP contribution in [0.3, 0.4) is 0 Å². The van der Waals surface area contributed by atoms with E-state index in [-0.39, 0.29) is 10.9 Å². The van der Waals surface area contributed by atoms with Crippen LogP contribution in [0.25, 0.3) is 0 Å². The molecular formula is C13H10ClFN2O. The van der Waals surface area contributed by atoms with E-state index in [9.17, 15) is 9.18 Å². The number of benzene rings is 1. The molecule has 0 N–H and O–H groups in total. The van der Waals surface area contributed by atoms with Gasteiger partial charge in [-0.25, -0.2) is 4.39 Å². The summed E-state index contributed by atoms with van der Waals surface area (Å²) in [5, 5.41) is -0.0121. The van der Waals surface area contributed by atoms with Gasteiger partial charge in [-0.3, -0.25) is 9.78 Å². The zero-order valence-electron chi connectivity index (χ0n) is 9.60. The largest absolute Gasteiger partial charge is 0.311 e. The number of anilines is 1. The molecule has 2 rings (SSSR count). The van der Waals surface area contributed by atoms with Gasteiger partial charge in [0.1, 0.15) is 5.82 Å². The van der Waals surface area contributed by atoms with Crippen LogP contribution < -0.4 is 4.90 Å². The Labute approximate surface area is 109 Å². The van der Waals surface area contributed by atoms with E-state index in [2.05, 4.69) is 4.98 Å². The van der Waals surface area contributed by atoms with Gasteiger partial charge in [-0.05, 0) is 30.3 Å². The number of carbonyl (C=O) groups is 1. The highest BCUT2D eigenvalue weighted by Gasteiger charge is 2.14. The summed E-state index contributed by atoms with van der Waals surface area (Å²) < 4.78 is 13.0. The first kappa shape index (κ1) is 12.5. The van der Waals surface area contributed by atoms with Gasteiger partial charge in [-0.15, -0.1) is 0 Å². The molecule has 92 valence electrons. The summed E-state index contributed by atoms with van der Waals surface area (Å²) in [6.07, 6.45) is 3.08. The fourth-order valence-electron chi connectivity index (χ4n) is 1.50. The first-order valence-electron chi connectivity index (χ1n) is 5.22. The zero-order valence-corrected chi connectivity index (χ0v) is 10.4. The fourth-order valence-corrected chi connectivity index (χ4v) is 1.67. The Kier molecular flexibility index (Phi) is 3.58. The summed E-state index contributed by atoms with van der Waals surface area (Å²) in [5.74, 6) is -0.717. The second kappa shape index (κ2) is 5.14. The maximum Gasteiger partial charge on any atom is 0.258 e. The van der Waals surface area contributed by atoms with Crippen LogP contribution in [0.4, 0.5) is 10.1 Å². The second-order valence-corrected chi connectivity index (χ2v) is 4.11. The summed E-state index contributed by atoms with van der Waals surface area (Å²) in [7, 11) is 1.60. The Morgan fingerprint density at radius 3 is 2.56 bits per heavy atom. The van der Waals surface area contributed by atoms with Gasteiger partial charge >= 0.3 is 0 Å². The van der Waals surface area contributed by atoms with Crippen molar-refractivity contribution in [3.05, 3.63) is 59.1 Å². The first-order valence-corrected chi connectivity index (χ1v) is 5.60. The monoisotopic (exact) mass is 264 g/mol. The van der Waals surface area contributed by atoms with Crippen molar-refractivity contribution in [1.29, 1.82) is 0 Å². The molecular weight excluding hydrogens is 255 g/mol. The van der Waals surface area contributed by atoms with Crippen LogP contribution in [0.1, 0.15) is 10.4 Å². The minimum absolute atomic E-state index is 0.0121. The van der Waals surface area contributed by atoms with Crippen molar-refractivity contribution in [2.45, 2.75) is 0 Å². The lowest BCUT2D eigenvalue weighted by Crippen LogP contribution is -2.26. The highest BCUT2D eigenvalue weighted by Crippen LogP contribution is 2.22. The zero-order chi connectivity index (χ0) is 13.1. The van der Waals surface area contributed by atoms with E-state index in [0.717, 1.165) is 0 Å². The molecule has 0 fully saturated rings. The summed E-state index contributed by atoms with van der Waals surface area (Å²) in [6, 6.07) is 7.37. The Hall–Kier alpha value is -1.94. The quantitative estimate of drug-likeness (QED) is 0.835. The van der Waals surface area contributed by atoms with Crippen molar-refractivity contribution in [2.75, 3.05) is 11.9 Å². The maximum atomic E-state index is 13.0. The molecule has 1 heterocycles. The van der Waals surface area contributed by atoms with Gasteiger partial charge in [0, 0.05) is 30.7 Å². The second-order valence-electron chi connectivity index (χ2n) is 3.70. The lowest BCUT2D eigenvalue weighted by atomic mass is 10.2. The molecule has 1 aromatic carbocycles. The number of amides is 1. The number of carbonyl (C=O) groups excluding carboxylic acids is 1. The number of pyridine rings is 1. The Morgan fingerprint density at radius 2 is 1.94 bits per heavy atom. The minimum Gasteiger partial charge on any atom is -0.311 e. The molecule has 3 nitrogen and oxygen atoms in total. The molecule has 0 saturated carbocycles. The molecule has 0 aliphatic heterocycles. The molecule has 2 aromatic rings. The summed E-state index contributed by atoms with van der Waals surface area (Å²) in [5.41, 5.74) is 1.04. The van der Waals surface area contributed by atoms with Crippen LogP contribution in [-0.4, -0.2) is 17.9 Å². The van der Waals surface area contributed by atoms with E-state index in [1.54, 1.807) is 31.6 Å². The first-order chi connectivity index (χ1) is 8.59. The molecule has 1 aromatic heterocycles. The maximum absolute atomic E-state index is 13.0. The molecule has 0 bridgehead atoms. The predicted molar refractivity (Wildman–Crippen MR) is 68.4 cm³/mol. The standard InChI is InChI=1S/C13H10ClFN2O/c1-17(10-2-3-12(15)11(14)8-10)13(18)9-4-6-16-7-5-9/h2-8H,1H3. The molecule has 0 atom stereocenters. The normalized spacial score (nSPS) is 10.2. The number of hydrogen-bond donors (Lipinski definition) is 0. The van der Waals surface area contributed by atoms with Crippen LogP contribution in [-0.2, 0) is 0 Å². The van der Waals surface area contributed by atoms with Crippen LogP contribution >= 0.6 is 11.6 Å². The number of hydrogen-bond acceptors (Lipinski definition) is 2. The van der Waals surface area contributed by atoms with Gasteiger partial charge < -0.3 is 4.90 Å². The highest BCUT2D eigenvalue weighted by atomic mass is 35.5. The van der Waals surface area contributed by atoms with E-state index in [0.29, 0.717) is 11.3 Å². The molecule has 1 amide bonds. The van der Waals surface area contributed by atoms with Crippen molar-refractivity contribution in [2.24, 2.45) is 0 Å². The predicted octanol–water partition coefficient (Wildman–Crippen LogP) is 3.15. The van der Waals surface area contributed by atoms with Crippen LogP contribution in [0.5, 0.6) is 0 Å². The van der Waals surface area contributed by atoms with Gasteiger partial charge in [-0.2, -0.15) is 0 Å². The average molecular weight is 265 g/mol. The van der Waals surface area contributed by atoms with E-state index in [1.807, 2.05) is 0 Å². The molecule has 0 aliphatic rings.